The molecule has 0 aromatic carbocycles. The Morgan fingerprint density at radius 2 is 1.86 bits per heavy atom. The van der Waals surface area contributed by atoms with Crippen molar-refractivity contribution in [2.24, 2.45) is 5.73 Å². The van der Waals surface area contributed by atoms with Crippen LogP contribution in [0.5, 0.6) is 0 Å². The Labute approximate surface area is 126 Å². The maximum Gasteiger partial charge on any atom is 0.234 e. The summed E-state index contributed by atoms with van der Waals surface area (Å²) in [5.41, 5.74) is 5.72. The molecule has 2 aliphatic carbocycles. The molecule has 2 atom stereocenters. The number of nitrogens with two attached hydrogens (primary N) is 1. The lowest BCUT2D eigenvalue weighted by molar-refractivity contribution is -0.0365. The SMILES string of the molecule is COC1(c2noc(C3(C)CCCC3N)n2)CCCCCC1. The van der Waals surface area contributed by atoms with Crippen LogP contribution in [0.3, 0.4) is 0 Å². The van der Waals surface area contributed by atoms with E-state index in [1.54, 1.807) is 7.11 Å². The molecule has 0 bridgehead atoms. The normalized spacial score (nSPS) is 33.0. The Kier molecular flexibility index (Phi) is 4.06. The van der Waals surface area contributed by atoms with E-state index in [9.17, 15) is 0 Å². The van der Waals surface area contributed by atoms with Gasteiger partial charge in [-0.05, 0) is 32.6 Å². The second kappa shape index (κ2) is 5.69. The second-order valence-corrected chi connectivity index (χ2v) is 6.95. The topological polar surface area (TPSA) is 74.2 Å². The predicted molar refractivity (Wildman–Crippen MR) is 79.9 cm³/mol. The largest absolute Gasteiger partial charge is 0.370 e. The van der Waals surface area contributed by atoms with Gasteiger partial charge in [0, 0.05) is 13.2 Å². The molecule has 2 N–H and O–H groups in total. The van der Waals surface area contributed by atoms with Gasteiger partial charge in [-0.1, -0.05) is 37.3 Å². The smallest absolute Gasteiger partial charge is 0.234 e. The lowest BCUT2D eigenvalue weighted by Crippen LogP contribution is -2.38. The van der Waals surface area contributed by atoms with Crippen molar-refractivity contribution in [3.8, 4) is 0 Å². The zero-order valence-electron chi connectivity index (χ0n) is 13.2. The van der Waals surface area contributed by atoms with Gasteiger partial charge in [-0.2, -0.15) is 4.98 Å². The summed E-state index contributed by atoms with van der Waals surface area (Å²) in [4.78, 5) is 4.74. The first kappa shape index (κ1) is 15.0. The molecule has 0 amide bonds. The number of ether oxygens (including phenoxy) is 1. The van der Waals surface area contributed by atoms with E-state index >= 15 is 0 Å². The first-order valence-electron chi connectivity index (χ1n) is 8.26. The number of hydrogen-bond acceptors (Lipinski definition) is 5. The van der Waals surface area contributed by atoms with Crippen LogP contribution in [0.4, 0.5) is 0 Å². The molecule has 0 saturated heterocycles. The molecular weight excluding hydrogens is 266 g/mol. The van der Waals surface area contributed by atoms with Crippen LogP contribution in [-0.2, 0) is 15.8 Å². The van der Waals surface area contributed by atoms with E-state index in [4.69, 9.17) is 20.0 Å². The monoisotopic (exact) mass is 293 g/mol. The van der Waals surface area contributed by atoms with Crippen molar-refractivity contribution in [2.75, 3.05) is 7.11 Å². The fourth-order valence-electron chi connectivity index (χ4n) is 3.92. The van der Waals surface area contributed by atoms with Gasteiger partial charge in [-0.3, -0.25) is 0 Å². The summed E-state index contributed by atoms with van der Waals surface area (Å²) in [7, 11) is 1.77. The Morgan fingerprint density at radius 1 is 1.14 bits per heavy atom. The summed E-state index contributed by atoms with van der Waals surface area (Å²) < 4.78 is 11.5. The van der Waals surface area contributed by atoms with Crippen LogP contribution >= 0.6 is 0 Å². The molecule has 0 aliphatic heterocycles. The van der Waals surface area contributed by atoms with Crippen molar-refractivity contribution in [1.29, 1.82) is 0 Å². The van der Waals surface area contributed by atoms with E-state index in [2.05, 4.69) is 12.1 Å². The summed E-state index contributed by atoms with van der Waals surface area (Å²) in [5.74, 6) is 1.42. The van der Waals surface area contributed by atoms with Crippen molar-refractivity contribution in [2.45, 2.75) is 81.8 Å². The maximum atomic E-state index is 6.26. The highest BCUT2D eigenvalue weighted by Gasteiger charge is 2.45. The third kappa shape index (κ3) is 2.50. The Bertz CT molecular complexity index is 480. The van der Waals surface area contributed by atoms with Crippen LogP contribution in [0.15, 0.2) is 4.52 Å². The van der Waals surface area contributed by atoms with E-state index in [1.165, 1.54) is 12.8 Å². The molecule has 5 nitrogen and oxygen atoms in total. The minimum absolute atomic E-state index is 0.110. The van der Waals surface area contributed by atoms with Crippen LogP contribution in [0.25, 0.3) is 0 Å². The zero-order chi connectivity index (χ0) is 14.9. The lowest BCUT2D eigenvalue weighted by atomic mass is 9.85. The molecule has 2 unspecified atom stereocenters. The van der Waals surface area contributed by atoms with Gasteiger partial charge in [-0.15, -0.1) is 0 Å². The van der Waals surface area contributed by atoms with Crippen molar-refractivity contribution in [3.63, 3.8) is 0 Å². The van der Waals surface area contributed by atoms with E-state index in [1.807, 2.05) is 0 Å². The molecule has 0 spiro atoms. The molecule has 3 rings (SSSR count). The maximum absolute atomic E-state index is 6.26. The summed E-state index contributed by atoms with van der Waals surface area (Å²) >= 11 is 0. The highest BCUT2D eigenvalue weighted by Crippen LogP contribution is 2.42. The third-order valence-corrected chi connectivity index (χ3v) is 5.65. The van der Waals surface area contributed by atoms with E-state index in [-0.39, 0.29) is 17.1 Å². The molecule has 0 radical (unpaired) electrons. The molecule has 1 heterocycles. The first-order chi connectivity index (χ1) is 10.1. The first-order valence-corrected chi connectivity index (χ1v) is 8.26. The van der Waals surface area contributed by atoms with Gasteiger partial charge in [0.05, 0.1) is 5.41 Å². The van der Waals surface area contributed by atoms with E-state index in [0.29, 0.717) is 5.89 Å². The van der Waals surface area contributed by atoms with Crippen molar-refractivity contribution in [1.82, 2.24) is 10.1 Å². The van der Waals surface area contributed by atoms with Gasteiger partial charge in [-0.25, -0.2) is 0 Å². The lowest BCUT2D eigenvalue weighted by Gasteiger charge is -2.28. The van der Waals surface area contributed by atoms with Gasteiger partial charge in [0.15, 0.2) is 0 Å². The molecule has 1 aromatic heterocycles. The van der Waals surface area contributed by atoms with Crippen LogP contribution in [0.1, 0.15) is 76.4 Å². The summed E-state index contributed by atoms with van der Waals surface area (Å²) in [6.07, 6.45) is 9.99. The standard InChI is InChI=1S/C16H27N3O2/c1-15(9-7-8-12(15)17)14-18-13(19-21-14)16(20-2)10-5-3-4-6-11-16/h12H,3-11,17H2,1-2H3. The highest BCUT2D eigenvalue weighted by atomic mass is 16.5. The molecule has 1 aromatic rings. The van der Waals surface area contributed by atoms with Gasteiger partial charge < -0.3 is 15.0 Å². The Morgan fingerprint density at radius 3 is 2.43 bits per heavy atom. The van der Waals surface area contributed by atoms with Gasteiger partial charge in [0.25, 0.3) is 0 Å². The van der Waals surface area contributed by atoms with Crippen molar-refractivity contribution < 1.29 is 9.26 Å². The molecule has 5 heteroatoms. The zero-order valence-corrected chi connectivity index (χ0v) is 13.2. The van der Waals surface area contributed by atoms with Crippen molar-refractivity contribution >= 4 is 0 Å². The average molecular weight is 293 g/mol. The number of methoxy groups -OCH3 is 1. The van der Waals surface area contributed by atoms with E-state index < -0.39 is 0 Å². The molecule has 2 fully saturated rings. The summed E-state index contributed by atoms with van der Waals surface area (Å²) in [5, 5.41) is 4.28. The highest BCUT2D eigenvalue weighted by molar-refractivity contribution is 5.14. The quantitative estimate of drug-likeness (QED) is 0.867. The Balaban J connectivity index is 1.89. The third-order valence-electron chi connectivity index (χ3n) is 5.65. The fourth-order valence-corrected chi connectivity index (χ4v) is 3.92. The molecular formula is C16H27N3O2. The van der Waals surface area contributed by atoms with Gasteiger partial charge in [0.2, 0.25) is 11.7 Å². The second-order valence-electron chi connectivity index (χ2n) is 6.95. The number of aromatic nitrogens is 2. The predicted octanol–water partition coefficient (Wildman–Crippen LogP) is 3.03. The average Bonchev–Trinajstić information content (AvgIpc) is 3.02. The summed E-state index contributed by atoms with van der Waals surface area (Å²) in [6.45, 7) is 2.15. The minimum atomic E-state index is -0.364. The van der Waals surface area contributed by atoms with Crippen LogP contribution < -0.4 is 5.73 Å². The Hall–Kier alpha value is -0.940. The van der Waals surface area contributed by atoms with Crippen LogP contribution in [0.2, 0.25) is 0 Å². The molecule has 2 aliphatic rings. The molecule has 21 heavy (non-hydrogen) atoms. The number of nitrogens with zero attached hydrogens (tertiary/aromatic N) is 2. The minimum Gasteiger partial charge on any atom is -0.370 e. The van der Waals surface area contributed by atoms with Crippen LogP contribution in [0, 0.1) is 0 Å². The number of rotatable bonds is 3. The van der Waals surface area contributed by atoms with Gasteiger partial charge in [0.1, 0.15) is 5.60 Å². The molecule has 118 valence electrons. The number of hydrogen-bond donors (Lipinski definition) is 1. The fraction of sp³-hybridized carbons (Fsp3) is 0.875. The van der Waals surface area contributed by atoms with E-state index in [0.717, 1.165) is 50.8 Å². The molecule has 2 saturated carbocycles. The summed E-state index contributed by atoms with van der Waals surface area (Å²) in [6, 6.07) is 0.110. The van der Waals surface area contributed by atoms with Gasteiger partial charge >= 0.3 is 0 Å². The van der Waals surface area contributed by atoms with Crippen molar-refractivity contribution in [3.05, 3.63) is 11.7 Å². The van der Waals surface area contributed by atoms with Crippen LogP contribution in [-0.4, -0.2) is 23.3 Å².